The number of benzene rings is 2. The van der Waals surface area contributed by atoms with E-state index < -0.39 is 0 Å². The maximum atomic E-state index is 2.71. The van der Waals surface area contributed by atoms with Crippen LogP contribution in [0.1, 0.15) is 11.1 Å². The Balaban J connectivity index is 1.45. The number of hydrogen-bond acceptors (Lipinski definition) is 3. The molecule has 0 amide bonds. The molecule has 120 valence electrons. The number of rotatable bonds is 4. The molecule has 0 unspecified atom stereocenters. The van der Waals surface area contributed by atoms with Crippen LogP contribution in [0, 0.1) is 0 Å². The Hall–Kier alpha value is -1.29. The largest absolute Gasteiger partial charge is 0.292 e. The van der Waals surface area contributed by atoms with Gasteiger partial charge in [-0.1, -0.05) is 60.7 Å². The van der Waals surface area contributed by atoms with Crippen molar-refractivity contribution >= 4 is 11.8 Å². The second kappa shape index (κ2) is 7.08. The van der Waals surface area contributed by atoms with E-state index in [1.165, 1.54) is 35.7 Å². The lowest BCUT2D eigenvalue weighted by molar-refractivity contribution is 0.0355. The van der Waals surface area contributed by atoms with Gasteiger partial charge in [0, 0.05) is 49.8 Å². The quantitative estimate of drug-likeness (QED) is 0.850. The van der Waals surface area contributed by atoms with Gasteiger partial charge in [0.1, 0.15) is 0 Å². The van der Waals surface area contributed by atoms with Crippen LogP contribution in [-0.4, -0.2) is 46.5 Å². The Morgan fingerprint density at radius 1 is 0.696 bits per heavy atom. The predicted molar refractivity (Wildman–Crippen MR) is 98.6 cm³/mol. The van der Waals surface area contributed by atoms with Crippen molar-refractivity contribution in [3.8, 4) is 0 Å². The molecule has 2 aromatic rings. The number of piperazine rings is 1. The van der Waals surface area contributed by atoms with Gasteiger partial charge < -0.3 is 0 Å². The highest BCUT2D eigenvalue weighted by atomic mass is 32.2. The molecule has 2 aliphatic heterocycles. The van der Waals surface area contributed by atoms with Gasteiger partial charge in [-0.05, 0) is 11.1 Å². The third kappa shape index (κ3) is 3.47. The van der Waals surface area contributed by atoms with Crippen LogP contribution in [0.4, 0.5) is 0 Å². The molecule has 3 heteroatoms. The summed E-state index contributed by atoms with van der Waals surface area (Å²) in [4.78, 5) is 5.42. The van der Waals surface area contributed by atoms with E-state index in [4.69, 9.17) is 0 Å². The van der Waals surface area contributed by atoms with Crippen molar-refractivity contribution in [2.24, 2.45) is 0 Å². The molecule has 2 heterocycles. The number of fused-ring (bicyclic) bond motifs is 1. The summed E-state index contributed by atoms with van der Waals surface area (Å²) in [5.41, 5.74) is 2.89. The van der Waals surface area contributed by atoms with E-state index in [0.29, 0.717) is 12.1 Å². The number of thioether (sulfide) groups is 1. The van der Waals surface area contributed by atoms with Crippen molar-refractivity contribution in [2.75, 3.05) is 24.6 Å². The molecule has 23 heavy (non-hydrogen) atoms. The third-order valence-corrected chi connectivity index (χ3v) is 6.25. The Morgan fingerprint density at radius 3 is 1.57 bits per heavy atom. The standard InChI is InChI=1S/C20H24N2S/c1-3-7-17(8-4-1)13-21-11-12-22(20-16-23-15-19(20)21)14-18-9-5-2-6-10-18/h1-10,19-20H,11-16H2/t19-,20+. The number of nitrogens with zero attached hydrogens (tertiary/aromatic N) is 2. The van der Waals surface area contributed by atoms with Crippen molar-refractivity contribution in [1.82, 2.24) is 9.80 Å². The lowest BCUT2D eigenvalue weighted by atomic mass is 10.0. The summed E-state index contributed by atoms with van der Waals surface area (Å²) in [7, 11) is 0. The second-order valence-electron chi connectivity index (χ2n) is 6.58. The lowest BCUT2D eigenvalue weighted by Crippen LogP contribution is -2.58. The normalized spacial score (nSPS) is 25.4. The van der Waals surface area contributed by atoms with Crippen LogP contribution in [-0.2, 0) is 13.1 Å². The average molecular weight is 324 g/mol. The molecule has 0 aromatic heterocycles. The second-order valence-corrected chi connectivity index (χ2v) is 7.66. The first-order chi connectivity index (χ1) is 11.4. The van der Waals surface area contributed by atoms with Gasteiger partial charge in [-0.3, -0.25) is 9.80 Å². The van der Waals surface area contributed by atoms with Crippen molar-refractivity contribution in [2.45, 2.75) is 25.2 Å². The molecule has 0 saturated carbocycles. The average Bonchev–Trinajstić information content (AvgIpc) is 3.09. The highest BCUT2D eigenvalue weighted by Crippen LogP contribution is 2.32. The van der Waals surface area contributed by atoms with Crippen molar-refractivity contribution in [3.63, 3.8) is 0 Å². The Bertz CT molecular complexity index is 561. The van der Waals surface area contributed by atoms with Gasteiger partial charge in [-0.2, -0.15) is 11.8 Å². The Morgan fingerprint density at radius 2 is 1.13 bits per heavy atom. The minimum absolute atomic E-state index is 0.706. The predicted octanol–water partition coefficient (Wildman–Crippen LogP) is 3.49. The first-order valence-electron chi connectivity index (χ1n) is 8.54. The highest BCUT2D eigenvalue weighted by molar-refractivity contribution is 7.99. The minimum atomic E-state index is 0.706. The summed E-state index contributed by atoms with van der Waals surface area (Å²) in [6, 6.07) is 23.3. The molecule has 2 fully saturated rings. The SMILES string of the molecule is c1ccc(CN2CCN(Cc3ccccc3)[C@H]3CSC[C@H]32)cc1. The fourth-order valence-electron chi connectivity index (χ4n) is 3.85. The van der Waals surface area contributed by atoms with Gasteiger partial charge in [0.25, 0.3) is 0 Å². The van der Waals surface area contributed by atoms with E-state index in [-0.39, 0.29) is 0 Å². The summed E-state index contributed by atoms with van der Waals surface area (Å²) in [6.07, 6.45) is 0. The summed E-state index contributed by atoms with van der Waals surface area (Å²) >= 11 is 2.12. The molecule has 2 aliphatic rings. The lowest BCUT2D eigenvalue weighted by Gasteiger charge is -2.44. The first-order valence-corrected chi connectivity index (χ1v) is 9.69. The van der Waals surface area contributed by atoms with E-state index in [1.807, 2.05) is 0 Å². The summed E-state index contributed by atoms with van der Waals surface area (Å²) in [5.74, 6) is 2.56. The van der Waals surface area contributed by atoms with Gasteiger partial charge in [-0.25, -0.2) is 0 Å². The summed E-state index contributed by atoms with van der Waals surface area (Å²) in [6.45, 7) is 4.57. The molecule has 4 rings (SSSR count). The van der Waals surface area contributed by atoms with Crippen molar-refractivity contribution in [1.29, 1.82) is 0 Å². The molecule has 0 N–H and O–H groups in total. The van der Waals surface area contributed by atoms with E-state index in [2.05, 4.69) is 82.2 Å². The minimum Gasteiger partial charge on any atom is -0.292 e. The molecule has 0 bridgehead atoms. The van der Waals surface area contributed by atoms with Crippen LogP contribution in [0.5, 0.6) is 0 Å². The van der Waals surface area contributed by atoms with E-state index in [1.54, 1.807) is 0 Å². The highest BCUT2D eigenvalue weighted by Gasteiger charge is 2.39. The van der Waals surface area contributed by atoms with Crippen LogP contribution in [0.2, 0.25) is 0 Å². The monoisotopic (exact) mass is 324 g/mol. The molecule has 2 aromatic carbocycles. The van der Waals surface area contributed by atoms with Crippen LogP contribution >= 0.6 is 11.8 Å². The fraction of sp³-hybridized carbons (Fsp3) is 0.400. The summed E-state index contributed by atoms with van der Waals surface area (Å²) in [5, 5.41) is 0. The van der Waals surface area contributed by atoms with Crippen LogP contribution in [0.25, 0.3) is 0 Å². The van der Waals surface area contributed by atoms with Gasteiger partial charge in [0.05, 0.1) is 0 Å². The van der Waals surface area contributed by atoms with Crippen LogP contribution < -0.4 is 0 Å². The van der Waals surface area contributed by atoms with Gasteiger partial charge >= 0.3 is 0 Å². The first kappa shape index (κ1) is 15.3. The molecular weight excluding hydrogens is 300 g/mol. The van der Waals surface area contributed by atoms with Gasteiger partial charge in [0.2, 0.25) is 0 Å². The molecule has 0 radical (unpaired) electrons. The molecule has 2 atom stereocenters. The maximum absolute atomic E-state index is 2.71. The molecule has 2 saturated heterocycles. The Labute approximate surface area is 143 Å². The van der Waals surface area contributed by atoms with Crippen molar-refractivity contribution in [3.05, 3.63) is 71.8 Å². The van der Waals surface area contributed by atoms with Crippen molar-refractivity contribution < 1.29 is 0 Å². The van der Waals surface area contributed by atoms with Crippen LogP contribution in [0.3, 0.4) is 0 Å². The smallest absolute Gasteiger partial charge is 0.0354 e. The van der Waals surface area contributed by atoms with E-state index >= 15 is 0 Å². The van der Waals surface area contributed by atoms with Gasteiger partial charge in [-0.15, -0.1) is 0 Å². The fourth-order valence-corrected chi connectivity index (χ4v) is 5.33. The topological polar surface area (TPSA) is 6.48 Å². The zero-order valence-corrected chi connectivity index (χ0v) is 14.3. The number of hydrogen-bond donors (Lipinski definition) is 0. The molecule has 0 spiro atoms. The maximum Gasteiger partial charge on any atom is 0.0354 e. The zero-order chi connectivity index (χ0) is 15.5. The third-order valence-electron chi connectivity index (χ3n) is 5.09. The Kier molecular flexibility index (Phi) is 4.69. The van der Waals surface area contributed by atoms with Crippen LogP contribution in [0.15, 0.2) is 60.7 Å². The van der Waals surface area contributed by atoms with E-state index in [0.717, 1.165) is 13.1 Å². The molecule has 0 aliphatic carbocycles. The summed E-state index contributed by atoms with van der Waals surface area (Å²) < 4.78 is 0. The zero-order valence-electron chi connectivity index (χ0n) is 13.5. The molecule has 2 nitrogen and oxygen atoms in total. The van der Waals surface area contributed by atoms with E-state index in [9.17, 15) is 0 Å². The molecular formula is C20H24N2S. The van der Waals surface area contributed by atoms with Gasteiger partial charge in [0.15, 0.2) is 0 Å².